The summed E-state index contributed by atoms with van der Waals surface area (Å²) in [5.41, 5.74) is 7.62. The number of hydrogen-bond acceptors (Lipinski definition) is 3. The van der Waals surface area contributed by atoms with Crippen molar-refractivity contribution < 1.29 is 14.7 Å². The summed E-state index contributed by atoms with van der Waals surface area (Å²) >= 11 is 5.17. The van der Waals surface area contributed by atoms with E-state index in [1.807, 2.05) is 35.6 Å². The highest BCUT2D eigenvalue weighted by molar-refractivity contribution is 9.10. The third-order valence-electron chi connectivity index (χ3n) is 5.10. The van der Waals surface area contributed by atoms with Gasteiger partial charge in [0.1, 0.15) is 0 Å². The van der Waals surface area contributed by atoms with Crippen LogP contribution in [-0.4, -0.2) is 17.0 Å². The van der Waals surface area contributed by atoms with Gasteiger partial charge in [-0.05, 0) is 61.1 Å². The quantitative estimate of drug-likeness (QED) is 0.275. The lowest BCUT2D eigenvalue weighted by Gasteiger charge is -2.00. The van der Waals surface area contributed by atoms with Gasteiger partial charge in [-0.1, -0.05) is 58.4 Å². The SMILES string of the molecule is NC(=O)CCCc1ccc2c(c1)sc1ccccc12.O=C(O)CCCc1ccc(Br)cc1. The number of primary amides is 1. The topological polar surface area (TPSA) is 80.4 Å². The number of halogens is 1. The van der Waals surface area contributed by atoms with E-state index < -0.39 is 5.97 Å². The summed E-state index contributed by atoms with van der Waals surface area (Å²) in [4.78, 5) is 21.0. The van der Waals surface area contributed by atoms with Gasteiger partial charge >= 0.3 is 5.97 Å². The number of hydrogen-bond donors (Lipinski definition) is 2. The number of amides is 1. The Morgan fingerprint density at radius 2 is 1.44 bits per heavy atom. The van der Waals surface area contributed by atoms with Gasteiger partial charge in [-0.25, -0.2) is 0 Å². The number of carbonyl (C=O) groups excluding carboxylic acids is 1. The third-order valence-corrected chi connectivity index (χ3v) is 6.76. The van der Waals surface area contributed by atoms with E-state index in [-0.39, 0.29) is 12.3 Å². The van der Waals surface area contributed by atoms with Crippen LogP contribution in [0.3, 0.4) is 0 Å². The first-order valence-corrected chi connectivity index (χ1v) is 12.2. The highest BCUT2D eigenvalue weighted by atomic mass is 79.9. The fourth-order valence-electron chi connectivity index (χ4n) is 3.49. The number of aliphatic carboxylic acids is 1. The van der Waals surface area contributed by atoms with Crippen LogP contribution in [0.4, 0.5) is 0 Å². The van der Waals surface area contributed by atoms with E-state index in [9.17, 15) is 9.59 Å². The molecule has 4 nitrogen and oxygen atoms in total. The molecule has 0 atom stereocenters. The average Bonchev–Trinajstić information content (AvgIpc) is 3.13. The zero-order valence-corrected chi connectivity index (χ0v) is 20.1. The van der Waals surface area contributed by atoms with Crippen LogP contribution < -0.4 is 5.73 Å². The number of carboxylic acids is 1. The van der Waals surface area contributed by atoms with Crippen molar-refractivity contribution in [2.24, 2.45) is 5.73 Å². The molecule has 0 aliphatic carbocycles. The molecule has 3 aromatic carbocycles. The average molecular weight is 512 g/mol. The fourth-order valence-corrected chi connectivity index (χ4v) is 4.92. The van der Waals surface area contributed by atoms with E-state index >= 15 is 0 Å². The monoisotopic (exact) mass is 511 g/mol. The minimum Gasteiger partial charge on any atom is -0.481 e. The largest absolute Gasteiger partial charge is 0.481 e. The molecule has 0 saturated carbocycles. The molecule has 0 radical (unpaired) electrons. The predicted octanol–water partition coefficient (Wildman–Crippen LogP) is 6.72. The number of nitrogens with two attached hydrogens (primary N) is 1. The molecule has 0 aliphatic heterocycles. The molecule has 0 spiro atoms. The lowest BCUT2D eigenvalue weighted by Crippen LogP contribution is -2.10. The van der Waals surface area contributed by atoms with Gasteiger partial charge < -0.3 is 10.8 Å². The summed E-state index contributed by atoms with van der Waals surface area (Å²) in [6, 6.07) is 23.0. The molecule has 0 aliphatic rings. The summed E-state index contributed by atoms with van der Waals surface area (Å²) in [5.74, 6) is -0.944. The number of rotatable bonds is 8. The van der Waals surface area contributed by atoms with Crippen LogP contribution in [0.1, 0.15) is 36.8 Å². The van der Waals surface area contributed by atoms with E-state index in [1.165, 1.54) is 31.3 Å². The minimum atomic E-state index is -0.725. The van der Waals surface area contributed by atoms with Gasteiger partial charge in [0.25, 0.3) is 0 Å². The summed E-state index contributed by atoms with van der Waals surface area (Å²) < 4.78 is 3.69. The van der Waals surface area contributed by atoms with Crippen molar-refractivity contribution in [2.45, 2.75) is 38.5 Å². The molecule has 0 fully saturated rings. The first-order chi connectivity index (χ1) is 15.4. The van der Waals surface area contributed by atoms with Crippen LogP contribution in [-0.2, 0) is 22.4 Å². The molecule has 166 valence electrons. The number of carboxylic acid groups (broad SMARTS) is 1. The molecule has 32 heavy (non-hydrogen) atoms. The van der Waals surface area contributed by atoms with E-state index in [0.29, 0.717) is 12.8 Å². The Hall–Kier alpha value is -2.70. The molecular formula is C26H26BrNO3S. The highest BCUT2D eigenvalue weighted by Gasteiger charge is 2.05. The Bertz CT molecular complexity index is 1200. The van der Waals surface area contributed by atoms with Gasteiger partial charge in [0, 0.05) is 37.5 Å². The zero-order chi connectivity index (χ0) is 22.9. The van der Waals surface area contributed by atoms with Crippen molar-refractivity contribution >= 4 is 59.3 Å². The van der Waals surface area contributed by atoms with Crippen molar-refractivity contribution in [1.82, 2.24) is 0 Å². The summed E-state index contributed by atoms with van der Waals surface area (Å²) in [6.45, 7) is 0. The highest BCUT2D eigenvalue weighted by Crippen LogP contribution is 2.34. The van der Waals surface area contributed by atoms with Crippen LogP contribution in [0, 0.1) is 0 Å². The second-order valence-electron chi connectivity index (χ2n) is 7.62. The first kappa shape index (κ1) is 24.0. The zero-order valence-electron chi connectivity index (χ0n) is 17.7. The summed E-state index contributed by atoms with van der Waals surface area (Å²) in [7, 11) is 0. The van der Waals surface area contributed by atoms with Crippen LogP contribution in [0.2, 0.25) is 0 Å². The lowest BCUT2D eigenvalue weighted by atomic mass is 10.1. The van der Waals surface area contributed by atoms with Gasteiger partial charge in [-0.3, -0.25) is 9.59 Å². The lowest BCUT2D eigenvalue weighted by molar-refractivity contribution is -0.137. The number of benzene rings is 3. The Labute approximate surface area is 200 Å². The van der Waals surface area contributed by atoms with E-state index in [1.54, 1.807) is 0 Å². The fraction of sp³-hybridized carbons (Fsp3) is 0.231. The van der Waals surface area contributed by atoms with Crippen LogP contribution in [0.25, 0.3) is 20.2 Å². The molecule has 1 heterocycles. The molecule has 0 bridgehead atoms. The smallest absolute Gasteiger partial charge is 0.303 e. The van der Waals surface area contributed by atoms with Crippen LogP contribution >= 0.6 is 27.3 Å². The number of thiophene rings is 1. The molecule has 1 amide bonds. The molecular weight excluding hydrogens is 486 g/mol. The number of fused-ring (bicyclic) bond motifs is 3. The Kier molecular flexibility index (Phi) is 8.82. The van der Waals surface area contributed by atoms with Crippen LogP contribution in [0.5, 0.6) is 0 Å². The molecule has 6 heteroatoms. The predicted molar refractivity (Wildman–Crippen MR) is 136 cm³/mol. The molecule has 4 rings (SSSR count). The van der Waals surface area contributed by atoms with Crippen molar-refractivity contribution in [2.75, 3.05) is 0 Å². The first-order valence-electron chi connectivity index (χ1n) is 10.6. The third kappa shape index (κ3) is 7.18. The molecule has 0 saturated heterocycles. The Morgan fingerprint density at radius 3 is 2.16 bits per heavy atom. The van der Waals surface area contributed by atoms with E-state index in [4.69, 9.17) is 10.8 Å². The number of carbonyl (C=O) groups is 2. The van der Waals surface area contributed by atoms with Crippen molar-refractivity contribution in [1.29, 1.82) is 0 Å². The van der Waals surface area contributed by atoms with Gasteiger partial charge in [0.2, 0.25) is 5.91 Å². The molecule has 0 unspecified atom stereocenters. The van der Waals surface area contributed by atoms with Gasteiger partial charge in [-0.15, -0.1) is 11.3 Å². The maximum atomic E-state index is 10.7. The summed E-state index contributed by atoms with van der Waals surface area (Å²) in [5, 5.41) is 11.1. The molecule has 4 aromatic rings. The molecule has 3 N–H and O–H groups in total. The maximum absolute atomic E-state index is 10.7. The normalized spacial score (nSPS) is 10.7. The van der Waals surface area contributed by atoms with Gasteiger partial charge in [-0.2, -0.15) is 0 Å². The minimum absolute atomic E-state index is 0.219. The number of aryl methyl sites for hydroxylation is 2. The van der Waals surface area contributed by atoms with Gasteiger partial charge in [0.15, 0.2) is 0 Å². The van der Waals surface area contributed by atoms with E-state index in [0.717, 1.165) is 23.7 Å². The van der Waals surface area contributed by atoms with Crippen LogP contribution in [0.15, 0.2) is 71.2 Å². The maximum Gasteiger partial charge on any atom is 0.303 e. The standard InChI is InChI=1S/C16H15NOS.C10H11BrO2/c17-16(18)7-3-4-11-8-9-13-12-5-1-2-6-14(12)19-15(13)10-11;11-9-6-4-8(5-7-9)2-1-3-10(12)13/h1-2,5-6,8-10H,3-4,7H2,(H2,17,18);4-7H,1-3H2,(H,12,13). The van der Waals surface area contributed by atoms with Crippen molar-refractivity contribution in [3.05, 3.63) is 82.3 Å². The van der Waals surface area contributed by atoms with Crippen molar-refractivity contribution in [3.63, 3.8) is 0 Å². The summed E-state index contributed by atoms with van der Waals surface area (Å²) in [6.07, 6.45) is 3.98. The molecule has 1 aromatic heterocycles. The second kappa shape index (κ2) is 11.8. The Balaban J connectivity index is 0.000000195. The second-order valence-corrected chi connectivity index (χ2v) is 9.62. The van der Waals surface area contributed by atoms with Crippen molar-refractivity contribution in [3.8, 4) is 0 Å². The Morgan fingerprint density at radius 1 is 0.812 bits per heavy atom. The van der Waals surface area contributed by atoms with E-state index in [2.05, 4.69) is 58.4 Å². The van der Waals surface area contributed by atoms with Gasteiger partial charge in [0.05, 0.1) is 0 Å².